The fourth-order valence-corrected chi connectivity index (χ4v) is 0.640. The van der Waals surface area contributed by atoms with Crippen LogP contribution in [-0.2, 0) is 4.74 Å². The van der Waals surface area contributed by atoms with E-state index >= 15 is 0 Å². The summed E-state index contributed by atoms with van der Waals surface area (Å²) < 4.78 is 6.23. The molecule has 0 spiro atoms. The highest BCUT2D eigenvalue weighted by Gasteiger charge is 1.88. The Labute approximate surface area is 72.7 Å². The summed E-state index contributed by atoms with van der Waals surface area (Å²) in [5, 5.41) is 0. The molecule has 0 aliphatic carbocycles. The molecule has 0 N–H and O–H groups in total. The van der Waals surface area contributed by atoms with Gasteiger partial charge in [-0.2, -0.15) is 0 Å². The summed E-state index contributed by atoms with van der Waals surface area (Å²) in [6.07, 6.45) is 1.07. The molecule has 0 saturated heterocycles. The van der Waals surface area contributed by atoms with E-state index in [4.69, 9.17) is 4.74 Å². The Hall–Kier alpha value is 0.660. The molecule has 0 aliphatic heterocycles. The molecule has 0 radical (unpaired) electrons. The Bertz CT molecular complexity index is 91.1. The number of hydrogen-bond acceptors (Lipinski definition) is 1. The zero-order valence-corrected chi connectivity index (χ0v) is 8.53. The molecule has 0 rings (SSSR count). The molecule has 9 heavy (non-hydrogen) atoms. The van der Waals surface area contributed by atoms with Crippen LogP contribution in [0.15, 0.2) is 9.47 Å². The first-order valence-electron chi connectivity index (χ1n) is 2.83. The molecule has 3 heteroatoms. The summed E-state index contributed by atoms with van der Waals surface area (Å²) >= 11 is 6.47. The van der Waals surface area contributed by atoms with E-state index in [1.807, 2.05) is 4.99 Å². The van der Waals surface area contributed by atoms with Crippen LogP contribution < -0.4 is 0 Å². The highest BCUT2D eigenvalue weighted by atomic mass is 79.9. The highest BCUT2D eigenvalue weighted by Crippen LogP contribution is 2.07. The van der Waals surface area contributed by atoms with Crippen LogP contribution in [-0.4, -0.2) is 13.2 Å². The molecule has 0 saturated carbocycles. The lowest BCUT2D eigenvalue weighted by Gasteiger charge is -1.98. The van der Waals surface area contributed by atoms with Crippen molar-refractivity contribution in [2.24, 2.45) is 0 Å². The predicted octanol–water partition coefficient (Wildman–Crippen LogP) is 3.04. The normalized spacial score (nSPS) is 12.1. The van der Waals surface area contributed by atoms with Crippen molar-refractivity contribution in [3.05, 3.63) is 9.47 Å². The van der Waals surface area contributed by atoms with Gasteiger partial charge in [-0.25, -0.2) is 0 Å². The van der Waals surface area contributed by atoms with Gasteiger partial charge in [0.2, 0.25) is 0 Å². The van der Waals surface area contributed by atoms with Gasteiger partial charge >= 0.3 is 0 Å². The number of halogens is 2. The summed E-state index contributed by atoms with van der Waals surface area (Å²) in [4.78, 5) is 1.81. The molecule has 0 aromatic heterocycles. The third-order valence-electron chi connectivity index (χ3n) is 0.707. The van der Waals surface area contributed by atoms with Crippen molar-refractivity contribution in [3.8, 4) is 0 Å². The van der Waals surface area contributed by atoms with Crippen LogP contribution in [0.2, 0.25) is 0 Å². The van der Waals surface area contributed by atoms with Crippen LogP contribution in [0.4, 0.5) is 0 Å². The summed E-state index contributed by atoms with van der Waals surface area (Å²) in [5.74, 6) is 0. The van der Waals surface area contributed by atoms with Crippen LogP contribution in [0, 0.1) is 0 Å². The molecule has 0 atom stereocenters. The lowest BCUT2D eigenvalue weighted by atomic mass is 10.5. The Balaban J connectivity index is 3.07. The Morgan fingerprint density at radius 2 is 2.33 bits per heavy atom. The predicted molar refractivity (Wildman–Crippen MR) is 47.0 cm³/mol. The maximum Gasteiger partial charge on any atom is 0.0787 e. The van der Waals surface area contributed by atoms with Crippen LogP contribution in [0.5, 0.6) is 0 Å². The molecule has 1 nitrogen and oxygen atoms in total. The van der Waals surface area contributed by atoms with Crippen molar-refractivity contribution in [3.63, 3.8) is 0 Å². The van der Waals surface area contributed by atoms with Crippen LogP contribution in [0.1, 0.15) is 13.3 Å². The molecule has 0 aromatic carbocycles. The zero-order chi connectivity index (χ0) is 7.11. The second-order valence-corrected chi connectivity index (χ2v) is 3.08. The van der Waals surface area contributed by atoms with Gasteiger partial charge in [0.1, 0.15) is 0 Å². The molecular formula is C6H10Br2O. The second-order valence-electron chi connectivity index (χ2n) is 1.61. The summed E-state index contributed by atoms with van der Waals surface area (Å²) in [6.45, 7) is 3.58. The Morgan fingerprint density at radius 3 is 2.78 bits per heavy atom. The third kappa shape index (κ3) is 6.55. The molecule has 0 fully saturated rings. The quantitative estimate of drug-likeness (QED) is 0.704. The Kier molecular flexibility index (Phi) is 7.27. The van der Waals surface area contributed by atoms with Crippen molar-refractivity contribution < 1.29 is 4.74 Å². The van der Waals surface area contributed by atoms with E-state index in [1.165, 1.54) is 0 Å². The zero-order valence-electron chi connectivity index (χ0n) is 5.36. The van der Waals surface area contributed by atoms with Crippen molar-refractivity contribution >= 4 is 31.9 Å². The van der Waals surface area contributed by atoms with Gasteiger partial charge < -0.3 is 4.74 Å². The van der Waals surface area contributed by atoms with Gasteiger partial charge in [-0.05, 0) is 11.4 Å². The summed E-state index contributed by atoms with van der Waals surface area (Å²) in [6, 6.07) is 0. The number of hydrogen-bond donors (Lipinski definition) is 0. The monoisotopic (exact) mass is 256 g/mol. The first-order chi connectivity index (χ1) is 4.31. The van der Waals surface area contributed by atoms with Gasteiger partial charge in [0.25, 0.3) is 0 Å². The average Bonchev–Trinajstić information content (AvgIpc) is 1.89. The molecular weight excluding hydrogens is 248 g/mol. The second kappa shape index (κ2) is 6.78. The lowest BCUT2D eigenvalue weighted by Crippen LogP contribution is -1.93. The number of ether oxygens (including phenoxy) is 1. The lowest BCUT2D eigenvalue weighted by molar-refractivity contribution is 0.161. The van der Waals surface area contributed by atoms with Crippen molar-refractivity contribution in [1.82, 2.24) is 0 Å². The first-order valence-corrected chi connectivity index (χ1v) is 4.54. The minimum absolute atomic E-state index is 0.666. The topological polar surface area (TPSA) is 9.23 Å². The minimum Gasteiger partial charge on any atom is -0.376 e. The maximum absolute atomic E-state index is 5.19. The maximum atomic E-state index is 5.19. The molecule has 54 valence electrons. The first kappa shape index (κ1) is 9.66. The fourth-order valence-electron chi connectivity index (χ4n) is 0.346. The molecule has 0 amide bonds. The standard InChI is InChI=1S/C6H10Br2O/c1-2-3-9-5-6(8)4-7/h4H,2-3,5H2,1H3. The van der Waals surface area contributed by atoms with E-state index in [1.54, 1.807) is 0 Å². The fraction of sp³-hybridized carbons (Fsp3) is 0.667. The minimum atomic E-state index is 0.666. The van der Waals surface area contributed by atoms with Crippen molar-refractivity contribution in [2.45, 2.75) is 13.3 Å². The van der Waals surface area contributed by atoms with Gasteiger partial charge in [0.05, 0.1) is 6.61 Å². The third-order valence-corrected chi connectivity index (χ3v) is 2.33. The SMILES string of the molecule is CCCOCC(Br)=CBr. The summed E-state index contributed by atoms with van der Waals surface area (Å²) in [5.41, 5.74) is 0. The van der Waals surface area contributed by atoms with E-state index in [2.05, 4.69) is 38.8 Å². The van der Waals surface area contributed by atoms with E-state index in [-0.39, 0.29) is 0 Å². The molecule has 0 heterocycles. The van der Waals surface area contributed by atoms with E-state index < -0.39 is 0 Å². The Morgan fingerprint density at radius 1 is 1.67 bits per heavy atom. The van der Waals surface area contributed by atoms with Crippen LogP contribution >= 0.6 is 31.9 Å². The molecule has 0 unspecified atom stereocenters. The average molecular weight is 258 g/mol. The van der Waals surface area contributed by atoms with Gasteiger partial charge in [-0.3, -0.25) is 0 Å². The molecule has 0 bridgehead atoms. The van der Waals surface area contributed by atoms with Crippen LogP contribution in [0.3, 0.4) is 0 Å². The van der Waals surface area contributed by atoms with Crippen molar-refractivity contribution in [1.29, 1.82) is 0 Å². The summed E-state index contributed by atoms with van der Waals surface area (Å²) in [7, 11) is 0. The molecule has 0 aromatic rings. The van der Waals surface area contributed by atoms with E-state index in [0.29, 0.717) is 6.61 Å². The van der Waals surface area contributed by atoms with E-state index in [0.717, 1.165) is 17.5 Å². The van der Waals surface area contributed by atoms with Crippen LogP contribution in [0.25, 0.3) is 0 Å². The largest absolute Gasteiger partial charge is 0.376 e. The highest BCUT2D eigenvalue weighted by molar-refractivity contribution is 9.14. The van der Waals surface area contributed by atoms with Gasteiger partial charge in [-0.1, -0.05) is 38.8 Å². The van der Waals surface area contributed by atoms with Gasteiger partial charge in [0, 0.05) is 11.1 Å². The smallest absolute Gasteiger partial charge is 0.0787 e. The van der Waals surface area contributed by atoms with Gasteiger partial charge in [-0.15, -0.1) is 0 Å². The van der Waals surface area contributed by atoms with Gasteiger partial charge in [0.15, 0.2) is 0 Å². The van der Waals surface area contributed by atoms with E-state index in [9.17, 15) is 0 Å². The van der Waals surface area contributed by atoms with Crippen molar-refractivity contribution in [2.75, 3.05) is 13.2 Å². The number of rotatable bonds is 4. The molecule has 0 aliphatic rings.